The Morgan fingerprint density at radius 1 is 1.40 bits per heavy atom. The Balaban J connectivity index is 2.72. The number of hydrogen-bond acceptors (Lipinski definition) is 4. The van der Waals surface area contributed by atoms with Crippen molar-refractivity contribution in [2.45, 2.75) is 20.0 Å². The van der Waals surface area contributed by atoms with E-state index in [0.717, 1.165) is 0 Å². The highest BCUT2D eigenvalue weighted by Gasteiger charge is 2.10. The van der Waals surface area contributed by atoms with Gasteiger partial charge in [-0.05, 0) is 26.0 Å². The van der Waals surface area contributed by atoms with Gasteiger partial charge in [0, 0.05) is 12.1 Å². The number of nitrogens with zero attached hydrogens (tertiary/aromatic N) is 1. The molecule has 0 saturated carbocycles. The fourth-order valence-electron chi connectivity index (χ4n) is 0.934. The smallest absolute Gasteiger partial charge is 0.269 e. The average Bonchev–Trinajstić information content (AvgIpc) is 2.18. The number of rotatable bonds is 4. The molecule has 0 heterocycles. The van der Waals surface area contributed by atoms with Gasteiger partial charge < -0.3 is 4.74 Å². The second-order valence-corrected chi connectivity index (χ2v) is 3.12. The monoisotopic (exact) mass is 209 g/mol. The van der Waals surface area contributed by atoms with Crippen molar-refractivity contribution < 1.29 is 14.5 Å². The summed E-state index contributed by atoms with van der Waals surface area (Å²) in [5.74, 6) is 0.358. The Kier molecular flexibility index (Phi) is 3.38. The minimum atomic E-state index is -0.536. The van der Waals surface area contributed by atoms with Crippen LogP contribution in [0.25, 0.3) is 0 Å². The minimum absolute atomic E-state index is 0.00201. The summed E-state index contributed by atoms with van der Waals surface area (Å²) in [4.78, 5) is 20.8. The van der Waals surface area contributed by atoms with Crippen LogP contribution in [0.4, 0.5) is 5.69 Å². The normalized spacial score (nSPS) is 11.9. The first-order valence-corrected chi connectivity index (χ1v) is 4.42. The summed E-state index contributed by atoms with van der Waals surface area (Å²) in [6.07, 6.45) is -0.536. The highest BCUT2D eigenvalue weighted by Crippen LogP contribution is 2.18. The van der Waals surface area contributed by atoms with Crippen LogP contribution < -0.4 is 4.74 Å². The zero-order chi connectivity index (χ0) is 11.4. The molecule has 15 heavy (non-hydrogen) atoms. The van der Waals surface area contributed by atoms with Crippen LogP contribution in [0.3, 0.4) is 0 Å². The number of nitro groups is 1. The van der Waals surface area contributed by atoms with Crippen molar-refractivity contribution in [2.24, 2.45) is 0 Å². The fraction of sp³-hybridized carbons (Fsp3) is 0.300. The molecule has 0 amide bonds. The predicted octanol–water partition coefficient (Wildman–Crippen LogP) is 1.95. The van der Waals surface area contributed by atoms with Crippen molar-refractivity contribution in [2.75, 3.05) is 0 Å². The number of Topliss-reactive ketones (excluding diaryl/α,β-unsaturated/α-hetero) is 1. The minimum Gasteiger partial charge on any atom is -0.483 e. The lowest BCUT2D eigenvalue weighted by atomic mass is 10.2. The molecule has 0 bridgehead atoms. The van der Waals surface area contributed by atoms with Crippen LogP contribution in [0.15, 0.2) is 24.3 Å². The highest BCUT2D eigenvalue weighted by atomic mass is 16.6. The first-order valence-electron chi connectivity index (χ1n) is 4.42. The molecule has 0 spiro atoms. The summed E-state index contributed by atoms with van der Waals surface area (Å²) < 4.78 is 5.24. The lowest BCUT2D eigenvalue weighted by Gasteiger charge is -2.10. The maximum atomic E-state index is 10.9. The van der Waals surface area contributed by atoms with Crippen LogP contribution in [0, 0.1) is 10.1 Å². The standard InChI is InChI=1S/C10H11NO4/c1-7(12)8(2)15-10-5-3-9(4-6-10)11(13)14/h3-6,8H,1-2H3/t8-/m0/s1. The van der Waals surface area contributed by atoms with Gasteiger partial charge in [0.05, 0.1) is 4.92 Å². The molecule has 0 aliphatic carbocycles. The van der Waals surface area contributed by atoms with Crippen LogP contribution in [0.1, 0.15) is 13.8 Å². The third-order valence-electron chi connectivity index (χ3n) is 1.93. The van der Waals surface area contributed by atoms with Crippen LogP contribution in [-0.2, 0) is 4.79 Å². The zero-order valence-corrected chi connectivity index (χ0v) is 8.47. The van der Waals surface area contributed by atoms with Gasteiger partial charge >= 0.3 is 0 Å². The zero-order valence-electron chi connectivity index (χ0n) is 8.47. The summed E-state index contributed by atoms with van der Waals surface area (Å²) >= 11 is 0. The molecular formula is C10H11NO4. The van der Waals surface area contributed by atoms with Gasteiger partial charge in [-0.15, -0.1) is 0 Å². The molecule has 1 aromatic rings. The molecule has 0 N–H and O–H groups in total. The summed E-state index contributed by atoms with van der Waals surface area (Å²) in [7, 11) is 0. The second kappa shape index (κ2) is 4.54. The molecule has 0 aliphatic heterocycles. The second-order valence-electron chi connectivity index (χ2n) is 3.12. The summed E-state index contributed by atoms with van der Waals surface area (Å²) in [6.45, 7) is 3.06. The Morgan fingerprint density at radius 3 is 2.33 bits per heavy atom. The molecule has 1 atom stereocenters. The topological polar surface area (TPSA) is 69.4 Å². The number of carbonyl (C=O) groups excluding carboxylic acids is 1. The lowest BCUT2D eigenvalue weighted by molar-refractivity contribution is -0.384. The number of non-ortho nitro benzene ring substituents is 1. The first-order chi connectivity index (χ1) is 7.00. The number of ether oxygens (including phenoxy) is 1. The number of ketones is 1. The maximum Gasteiger partial charge on any atom is 0.269 e. The van der Waals surface area contributed by atoms with Crippen molar-refractivity contribution in [1.82, 2.24) is 0 Å². The van der Waals surface area contributed by atoms with Crippen molar-refractivity contribution in [3.63, 3.8) is 0 Å². The average molecular weight is 209 g/mol. The quantitative estimate of drug-likeness (QED) is 0.561. The van der Waals surface area contributed by atoms with Crippen LogP contribution in [-0.4, -0.2) is 16.8 Å². The molecule has 5 nitrogen and oxygen atoms in total. The van der Waals surface area contributed by atoms with E-state index in [4.69, 9.17) is 4.74 Å². The molecule has 0 aromatic heterocycles. The molecule has 80 valence electrons. The Hall–Kier alpha value is -1.91. The predicted molar refractivity (Wildman–Crippen MR) is 53.9 cm³/mol. The molecule has 0 aliphatic rings. The molecular weight excluding hydrogens is 198 g/mol. The Morgan fingerprint density at radius 2 is 1.93 bits per heavy atom. The number of hydrogen-bond donors (Lipinski definition) is 0. The van der Waals surface area contributed by atoms with Gasteiger partial charge in [0.25, 0.3) is 5.69 Å². The molecule has 1 aromatic carbocycles. The van der Waals surface area contributed by atoms with Gasteiger partial charge in [0.15, 0.2) is 11.9 Å². The summed E-state index contributed by atoms with van der Waals surface area (Å²) in [6, 6.07) is 5.61. The molecule has 1 rings (SSSR count). The van der Waals surface area contributed by atoms with E-state index in [1.54, 1.807) is 6.92 Å². The molecule has 0 fully saturated rings. The van der Waals surface area contributed by atoms with Gasteiger partial charge in [-0.3, -0.25) is 14.9 Å². The van der Waals surface area contributed by atoms with E-state index in [-0.39, 0.29) is 11.5 Å². The van der Waals surface area contributed by atoms with Crippen LogP contribution >= 0.6 is 0 Å². The van der Waals surface area contributed by atoms with Crippen LogP contribution in [0.5, 0.6) is 5.75 Å². The number of benzene rings is 1. The number of nitro benzene ring substituents is 1. The Bertz CT molecular complexity index is 372. The first kappa shape index (κ1) is 11.2. The van der Waals surface area contributed by atoms with Crippen molar-refractivity contribution in [3.8, 4) is 5.75 Å². The van der Waals surface area contributed by atoms with Crippen molar-refractivity contribution >= 4 is 11.5 Å². The van der Waals surface area contributed by atoms with E-state index >= 15 is 0 Å². The van der Waals surface area contributed by atoms with Gasteiger partial charge in [0.1, 0.15) is 5.75 Å². The SMILES string of the molecule is CC(=O)[C@H](C)Oc1ccc([N+](=O)[O-])cc1. The number of carbonyl (C=O) groups is 1. The van der Waals surface area contributed by atoms with Crippen molar-refractivity contribution in [1.29, 1.82) is 0 Å². The molecule has 0 unspecified atom stereocenters. The van der Waals surface area contributed by atoms with E-state index in [0.29, 0.717) is 5.75 Å². The van der Waals surface area contributed by atoms with Crippen molar-refractivity contribution in [3.05, 3.63) is 34.4 Å². The molecule has 0 saturated heterocycles. The Labute approximate surface area is 86.8 Å². The van der Waals surface area contributed by atoms with Gasteiger partial charge in [-0.1, -0.05) is 0 Å². The van der Waals surface area contributed by atoms with E-state index in [1.165, 1.54) is 31.2 Å². The highest BCUT2D eigenvalue weighted by molar-refractivity contribution is 5.80. The summed E-state index contributed by atoms with van der Waals surface area (Å²) in [5.41, 5.74) is -0.00201. The van der Waals surface area contributed by atoms with Crippen LogP contribution in [0.2, 0.25) is 0 Å². The van der Waals surface area contributed by atoms with E-state index in [2.05, 4.69) is 0 Å². The van der Waals surface area contributed by atoms with Gasteiger partial charge in [-0.25, -0.2) is 0 Å². The van der Waals surface area contributed by atoms with Gasteiger partial charge in [-0.2, -0.15) is 0 Å². The van der Waals surface area contributed by atoms with E-state index < -0.39 is 11.0 Å². The third-order valence-corrected chi connectivity index (χ3v) is 1.93. The van der Waals surface area contributed by atoms with E-state index in [9.17, 15) is 14.9 Å². The lowest BCUT2D eigenvalue weighted by Crippen LogP contribution is -2.20. The third kappa shape index (κ3) is 3.05. The summed E-state index contributed by atoms with van der Waals surface area (Å²) in [5, 5.41) is 10.4. The van der Waals surface area contributed by atoms with Gasteiger partial charge in [0.2, 0.25) is 0 Å². The molecule has 5 heteroatoms. The fourth-order valence-corrected chi connectivity index (χ4v) is 0.934. The van der Waals surface area contributed by atoms with E-state index in [1.807, 2.05) is 0 Å². The molecule has 0 radical (unpaired) electrons. The maximum absolute atomic E-state index is 10.9. The largest absolute Gasteiger partial charge is 0.483 e.